The molecule has 0 bridgehead atoms. The molecule has 1 aromatic heterocycles. The molecule has 2 atom stereocenters. The van der Waals surface area contributed by atoms with Gasteiger partial charge in [-0.2, -0.15) is 5.10 Å². The van der Waals surface area contributed by atoms with E-state index in [1.807, 2.05) is 36.1 Å². The van der Waals surface area contributed by atoms with Crippen LogP contribution in [0.2, 0.25) is 5.02 Å². The molecule has 0 spiro atoms. The lowest BCUT2D eigenvalue weighted by molar-refractivity contribution is 0.168. The fraction of sp³-hybridized carbons (Fsp3) is 0.438. The molecule has 1 aliphatic rings. The first-order valence-electron chi connectivity index (χ1n) is 7.33. The highest BCUT2D eigenvalue weighted by Crippen LogP contribution is 2.30. The Hall–Kier alpha value is -1.36. The molecule has 0 radical (unpaired) electrons. The second-order valence-corrected chi connectivity index (χ2v) is 5.97. The van der Waals surface area contributed by atoms with Gasteiger partial charge in [-0.1, -0.05) is 29.8 Å². The maximum Gasteiger partial charge on any atom is 0.0928 e. The number of fused-ring (bicyclic) bond motifs is 1. The first-order chi connectivity index (χ1) is 10.2. The first kappa shape index (κ1) is 14.6. The van der Waals surface area contributed by atoms with Crippen molar-refractivity contribution in [3.8, 4) is 0 Å². The van der Waals surface area contributed by atoms with Crippen molar-refractivity contribution in [2.45, 2.75) is 31.4 Å². The topological polar surface area (TPSA) is 50.1 Å². The summed E-state index contributed by atoms with van der Waals surface area (Å²) >= 11 is 6.12. The molecule has 112 valence electrons. The van der Waals surface area contributed by atoms with Gasteiger partial charge >= 0.3 is 0 Å². The molecule has 0 aliphatic heterocycles. The molecule has 0 fully saturated rings. The van der Waals surface area contributed by atoms with Crippen molar-refractivity contribution in [3.63, 3.8) is 0 Å². The van der Waals surface area contributed by atoms with Crippen LogP contribution in [-0.2, 0) is 13.5 Å². The summed E-state index contributed by atoms with van der Waals surface area (Å²) in [7, 11) is 1.99. The summed E-state index contributed by atoms with van der Waals surface area (Å²) in [6, 6.07) is 7.70. The van der Waals surface area contributed by atoms with Crippen molar-refractivity contribution >= 4 is 11.6 Å². The lowest BCUT2D eigenvalue weighted by atomic mass is 9.93. The smallest absolute Gasteiger partial charge is 0.0928 e. The predicted octanol–water partition coefficient (Wildman–Crippen LogP) is 2.77. The van der Waals surface area contributed by atoms with E-state index >= 15 is 0 Å². The second-order valence-electron chi connectivity index (χ2n) is 5.56. The Morgan fingerprint density at radius 3 is 3.10 bits per heavy atom. The number of hydrogen-bond acceptors (Lipinski definition) is 3. The van der Waals surface area contributed by atoms with E-state index in [2.05, 4.69) is 10.4 Å². The van der Waals surface area contributed by atoms with Crippen molar-refractivity contribution in [1.29, 1.82) is 0 Å². The lowest BCUT2D eigenvalue weighted by Crippen LogP contribution is -2.29. The number of aromatic nitrogens is 2. The largest absolute Gasteiger partial charge is 0.387 e. The van der Waals surface area contributed by atoms with E-state index in [1.165, 1.54) is 11.3 Å². The molecule has 2 N–H and O–H groups in total. The van der Waals surface area contributed by atoms with Crippen LogP contribution in [0.15, 0.2) is 30.5 Å². The van der Waals surface area contributed by atoms with E-state index in [1.54, 1.807) is 6.07 Å². The predicted molar refractivity (Wildman–Crippen MR) is 83.3 cm³/mol. The van der Waals surface area contributed by atoms with Crippen molar-refractivity contribution in [3.05, 3.63) is 52.3 Å². The molecule has 4 nitrogen and oxygen atoms in total. The molecule has 21 heavy (non-hydrogen) atoms. The molecule has 1 heterocycles. The summed E-state index contributed by atoms with van der Waals surface area (Å²) in [5.41, 5.74) is 3.33. The van der Waals surface area contributed by atoms with E-state index in [0.717, 1.165) is 24.8 Å². The zero-order chi connectivity index (χ0) is 14.8. The van der Waals surface area contributed by atoms with E-state index in [4.69, 9.17) is 11.6 Å². The van der Waals surface area contributed by atoms with Gasteiger partial charge in [-0.05, 0) is 25.3 Å². The maximum atomic E-state index is 10.3. The summed E-state index contributed by atoms with van der Waals surface area (Å²) in [5.74, 6) is 0. The summed E-state index contributed by atoms with van der Waals surface area (Å²) in [6.45, 7) is 0.489. The molecule has 0 saturated heterocycles. The number of hydrogen-bond donors (Lipinski definition) is 2. The number of rotatable bonds is 4. The SMILES string of the molecule is Cn1ncc2c1CCCC2NCC(O)c1ccccc1Cl. The van der Waals surface area contributed by atoms with Crippen LogP contribution in [0.4, 0.5) is 0 Å². The van der Waals surface area contributed by atoms with Crippen LogP contribution in [0.1, 0.15) is 41.8 Å². The fourth-order valence-corrected chi connectivity index (χ4v) is 3.29. The van der Waals surface area contributed by atoms with E-state index in [9.17, 15) is 5.11 Å². The molecule has 2 aromatic rings. The number of aliphatic hydroxyl groups is 1. The quantitative estimate of drug-likeness (QED) is 0.913. The molecule has 1 aromatic carbocycles. The van der Waals surface area contributed by atoms with Crippen LogP contribution >= 0.6 is 11.6 Å². The second kappa shape index (κ2) is 6.18. The van der Waals surface area contributed by atoms with Gasteiger partial charge in [-0.15, -0.1) is 0 Å². The third-order valence-corrected chi connectivity index (χ3v) is 4.54. The van der Waals surface area contributed by atoms with Crippen LogP contribution in [0, 0.1) is 0 Å². The van der Waals surface area contributed by atoms with Crippen LogP contribution in [0.5, 0.6) is 0 Å². The fourth-order valence-electron chi connectivity index (χ4n) is 3.03. The third kappa shape index (κ3) is 2.98. The minimum Gasteiger partial charge on any atom is -0.387 e. The van der Waals surface area contributed by atoms with Gasteiger partial charge in [0.1, 0.15) is 0 Å². The Morgan fingerprint density at radius 1 is 1.48 bits per heavy atom. The summed E-state index contributed by atoms with van der Waals surface area (Å²) < 4.78 is 1.95. The zero-order valence-electron chi connectivity index (χ0n) is 12.1. The van der Waals surface area contributed by atoms with Gasteiger partial charge in [0.2, 0.25) is 0 Å². The number of nitrogens with zero attached hydrogens (tertiary/aromatic N) is 2. The van der Waals surface area contributed by atoms with Gasteiger partial charge in [0.25, 0.3) is 0 Å². The van der Waals surface area contributed by atoms with Crippen molar-refractivity contribution in [1.82, 2.24) is 15.1 Å². The Labute approximate surface area is 129 Å². The number of benzene rings is 1. The monoisotopic (exact) mass is 305 g/mol. The Morgan fingerprint density at radius 2 is 2.29 bits per heavy atom. The van der Waals surface area contributed by atoms with Gasteiger partial charge in [0.05, 0.1) is 12.3 Å². The number of aryl methyl sites for hydroxylation is 1. The zero-order valence-corrected chi connectivity index (χ0v) is 12.8. The Kier molecular flexibility index (Phi) is 4.29. The van der Waals surface area contributed by atoms with Gasteiger partial charge in [0.15, 0.2) is 0 Å². The van der Waals surface area contributed by atoms with Crippen LogP contribution in [0.3, 0.4) is 0 Å². The average molecular weight is 306 g/mol. The number of nitrogens with one attached hydrogen (secondary N) is 1. The molecule has 2 unspecified atom stereocenters. The van der Waals surface area contributed by atoms with Crippen molar-refractivity contribution in [2.24, 2.45) is 7.05 Å². The molecule has 5 heteroatoms. The third-order valence-electron chi connectivity index (χ3n) is 4.20. The van der Waals surface area contributed by atoms with Crippen LogP contribution < -0.4 is 5.32 Å². The summed E-state index contributed by atoms with van der Waals surface area (Å²) in [5, 5.41) is 18.7. The first-order valence-corrected chi connectivity index (χ1v) is 7.71. The van der Waals surface area contributed by atoms with Crippen LogP contribution in [0.25, 0.3) is 0 Å². The number of halogens is 1. The molecular formula is C16H20ClN3O. The Bertz CT molecular complexity index is 626. The lowest BCUT2D eigenvalue weighted by Gasteiger charge is -2.25. The highest BCUT2D eigenvalue weighted by atomic mass is 35.5. The normalized spacial score (nSPS) is 19.3. The average Bonchev–Trinajstić information content (AvgIpc) is 2.87. The van der Waals surface area contributed by atoms with Gasteiger partial charge < -0.3 is 10.4 Å². The van der Waals surface area contributed by atoms with Gasteiger partial charge in [-0.25, -0.2) is 0 Å². The minimum atomic E-state index is -0.597. The molecule has 1 aliphatic carbocycles. The van der Waals surface area contributed by atoms with E-state index in [-0.39, 0.29) is 6.04 Å². The minimum absolute atomic E-state index is 0.264. The highest BCUT2D eigenvalue weighted by Gasteiger charge is 2.24. The van der Waals surface area contributed by atoms with Crippen molar-refractivity contribution in [2.75, 3.05) is 6.54 Å². The van der Waals surface area contributed by atoms with Gasteiger partial charge in [-0.3, -0.25) is 4.68 Å². The molecule has 0 amide bonds. The van der Waals surface area contributed by atoms with E-state index in [0.29, 0.717) is 11.6 Å². The number of aliphatic hydroxyl groups excluding tert-OH is 1. The summed E-state index contributed by atoms with van der Waals surface area (Å²) in [4.78, 5) is 0. The van der Waals surface area contributed by atoms with E-state index < -0.39 is 6.10 Å². The summed E-state index contributed by atoms with van der Waals surface area (Å²) in [6.07, 6.45) is 4.64. The molecule has 0 saturated carbocycles. The molecular weight excluding hydrogens is 286 g/mol. The standard InChI is InChI=1S/C16H20ClN3O/c1-20-15-8-4-7-14(12(15)9-19-20)18-10-16(21)11-5-2-3-6-13(11)17/h2-3,5-6,9,14,16,18,21H,4,7-8,10H2,1H3. The highest BCUT2D eigenvalue weighted by molar-refractivity contribution is 6.31. The van der Waals surface area contributed by atoms with Crippen LogP contribution in [-0.4, -0.2) is 21.4 Å². The maximum absolute atomic E-state index is 10.3. The Balaban J connectivity index is 1.67. The van der Waals surface area contributed by atoms with Crippen molar-refractivity contribution < 1.29 is 5.11 Å². The molecule has 3 rings (SSSR count). The van der Waals surface area contributed by atoms with Gasteiger partial charge in [0, 0.05) is 41.5 Å².